The summed E-state index contributed by atoms with van der Waals surface area (Å²) < 4.78 is 20.9. The van der Waals surface area contributed by atoms with Crippen LogP contribution in [0, 0.1) is 5.82 Å². The lowest BCUT2D eigenvalue weighted by Gasteiger charge is -2.36. The first-order chi connectivity index (χ1) is 11.2. The van der Waals surface area contributed by atoms with Gasteiger partial charge in [0.1, 0.15) is 5.82 Å². The highest BCUT2D eigenvalue weighted by Gasteiger charge is 2.29. The van der Waals surface area contributed by atoms with E-state index in [1.807, 2.05) is 18.2 Å². The van der Waals surface area contributed by atoms with Gasteiger partial charge < -0.3 is 9.64 Å². The van der Waals surface area contributed by atoms with Crippen molar-refractivity contribution in [3.63, 3.8) is 0 Å². The Labute approximate surface area is 142 Å². The minimum Gasteiger partial charge on any atom is -0.377 e. The Kier molecular flexibility index (Phi) is 3.91. The van der Waals surface area contributed by atoms with E-state index in [1.54, 1.807) is 12.1 Å². The van der Waals surface area contributed by atoms with Crippen molar-refractivity contribution in [2.24, 2.45) is 4.99 Å². The van der Waals surface area contributed by atoms with Crippen LogP contribution in [0.25, 0.3) is 0 Å². The third kappa shape index (κ3) is 2.68. The maximum Gasteiger partial charge on any atom is 0.132 e. The van der Waals surface area contributed by atoms with E-state index in [4.69, 9.17) is 9.73 Å². The molecular formula is C18H16BrFN2O. The van der Waals surface area contributed by atoms with Crippen LogP contribution in [0.1, 0.15) is 11.1 Å². The fourth-order valence-electron chi connectivity index (χ4n) is 3.24. The predicted molar refractivity (Wildman–Crippen MR) is 93.0 cm³/mol. The number of aliphatic imine (C=N–C) groups is 1. The van der Waals surface area contributed by atoms with Gasteiger partial charge in [-0.1, -0.05) is 28.1 Å². The summed E-state index contributed by atoms with van der Waals surface area (Å²) in [6, 6.07) is 13.2. The van der Waals surface area contributed by atoms with Crippen LogP contribution in [0.15, 0.2) is 51.9 Å². The second-order valence-electron chi connectivity index (χ2n) is 5.75. The van der Waals surface area contributed by atoms with Crippen molar-refractivity contribution in [3.8, 4) is 0 Å². The molecule has 1 fully saturated rings. The molecule has 3 nitrogen and oxygen atoms in total. The zero-order valence-corrected chi connectivity index (χ0v) is 14.1. The van der Waals surface area contributed by atoms with E-state index in [0.717, 1.165) is 22.3 Å². The average Bonchev–Trinajstić information content (AvgIpc) is 2.72. The monoisotopic (exact) mass is 374 g/mol. The normalized spacial score (nSPS) is 20.3. The molecule has 118 valence electrons. The fourth-order valence-corrected chi connectivity index (χ4v) is 3.60. The van der Waals surface area contributed by atoms with Crippen LogP contribution in [0.5, 0.6) is 0 Å². The summed E-state index contributed by atoms with van der Waals surface area (Å²) in [4.78, 5) is 7.09. The zero-order chi connectivity index (χ0) is 15.8. The number of hydrogen-bond acceptors (Lipinski definition) is 3. The summed E-state index contributed by atoms with van der Waals surface area (Å²) in [6.07, 6.45) is 0. The van der Waals surface area contributed by atoms with Crippen LogP contribution in [-0.2, 0) is 4.74 Å². The zero-order valence-electron chi connectivity index (χ0n) is 12.5. The second kappa shape index (κ2) is 6.06. The predicted octanol–water partition coefficient (Wildman–Crippen LogP) is 3.64. The minimum atomic E-state index is -0.242. The SMILES string of the molecule is Fc1ccccc1C1=NCC2COCCN2c2ccc(Br)cc21. The number of nitrogens with zero attached hydrogens (tertiary/aromatic N) is 2. The number of halogens is 2. The molecule has 1 saturated heterocycles. The first-order valence-corrected chi connectivity index (χ1v) is 8.47. The fraction of sp³-hybridized carbons (Fsp3) is 0.278. The van der Waals surface area contributed by atoms with Crippen molar-refractivity contribution in [2.45, 2.75) is 6.04 Å². The van der Waals surface area contributed by atoms with Crippen molar-refractivity contribution < 1.29 is 9.13 Å². The summed E-state index contributed by atoms with van der Waals surface area (Å²) in [5.74, 6) is -0.242. The molecule has 1 unspecified atom stereocenters. The van der Waals surface area contributed by atoms with E-state index < -0.39 is 0 Å². The highest BCUT2D eigenvalue weighted by molar-refractivity contribution is 9.10. The number of anilines is 1. The second-order valence-corrected chi connectivity index (χ2v) is 6.67. The van der Waals surface area contributed by atoms with Crippen LogP contribution in [-0.4, -0.2) is 38.1 Å². The third-order valence-electron chi connectivity index (χ3n) is 4.34. The lowest BCUT2D eigenvalue weighted by Crippen LogP contribution is -2.47. The molecule has 0 amide bonds. The Hall–Kier alpha value is -1.72. The smallest absolute Gasteiger partial charge is 0.132 e. The molecule has 0 bridgehead atoms. The van der Waals surface area contributed by atoms with Crippen molar-refractivity contribution in [1.29, 1.82) is 0 Å². The van der Waals surface area contributed by atoms with E-state index in [9.17, 15) is 4.39 Å². The summed E-state index contributed by atoms with van der Waals surface area (Å²) in [7, 11) is 0. The molecule has 2 aromatic rings. The Morgan fingerprint density at radius 3 is 2.91 bits per heavy atom. The topological polar surface area (TPSA) is 24.8 Å². The average molecular weight is 375 g/mol. The molecule has 0 radical (unpaired) electrons. The first-order valence-electron chi connectivity index (χ1n) is 7.68. The van der Waals surface area contributed by atoms with E-state index in [1.165, 1.54) is 6.07 Å². The van der Waals surface area contributed by atoms with Crippen molar-refractivity contribution in [2.75, 3.05) is 31.2 Å². The van der Waals surface area contributed by atoms with Gasteiger partial charge in [-0.25, -0.2) is 4.39 Å². The lowest BCUT2D eigenvalue weighted by atomic mass is 9.99. The number of benzene rings is 2. The highest BCUT2D eigenvalue weighted by Crippen LogP contribution is 2.32. The van der Waals surface area contributed by atoms with Gasteiger partial charge in [0.05, 0.1) is 31.5 Å². The molecule has 2 heterocycles. The molecule has 2 aromatic carbocycles. The molecule has 4 rings (SSSR count). The van der Waals surface area contributed by atoms with Gasteiger partial charge in [-0.15, -0.1) is 0 Å². The maximum atomic E-state index is 14.3. The van der Waals surface area contributed by atoms with Crippen LogP contribution in [0.4, 0.5) is 10.1 Å². The Morgan fingerprint density at radius 2 is 2.04 bits per heavy atom. The van der Waals surface area contributed by atoms with Crippen LogP contribution < -0.4 is 4.90 Å². The van der Waals surface area contributed by atoms with Crippen LogP contribution in [0.3, 0.4) is 0 Å². The van der Waals surface area contributed by atoms with Crippen LogP contribution in [0.2, 0.25) is 0 Å². The standard InChI is InChI=1S/C18H16BrFN2O/c19-12-5-6-17-15(9-12)18(14-3-1-2-4-16(14)20)21-10-13-11-23-8-7-22(13)17/h1-6,9,13H,7-8,10-11H2. The molecule has 0 spiro atoms. The molecule has 1 atom stereocenters. The van der Waals surface area contributed by atoms with Crippen molar-refractivity contribution in [3.05, 3.63) is 63.9 Å². The van der Waals surface area contributed by atoms with Gasteiger partial charge in [-0.2, -0.15) is 0 Å². The molecule has 2 aliphatic heterocycles. The maximum absolute atomic E-state index is 14.3. The van der Waals surface area contributed by atoms with Crippen molar-refractivity contribution in [1.82, 2.24) is 0 Å². The van der Waals surface area contributed by atoms with Gasteiger partial charge in [0, 0.05) is 27.8 Å². The van der Waals surface area contributed by atoms with E-state index in [0.29, 0.717) is 31.0 Å². The quantitative estimate of drug-likeness (QED) is 0.760. The first kappa shape index (κ1) is 14.8. The van der Waals surface area contributed by atoms with E-state index in [-0.39, 0.29) is 11.9 Å². The Morgan fingerprint density at radius 1 is 1.17 bits per heavy atom. The summed E-state index contributed by atoms with van der Waals surface area (Å²) >= 11 is 3.53. The Bertz CT molecular complexity index is 777. The number of hydrogen-bond donors (Lipinski definition) is 0. The Balaban J connectivity index is 1.91. The molecule has 0 saturated carbocycles. The molecule has 0 N–H and O–H groups in total. The number of ether oxygens (including phenoxy) is 1. The summed E-state index contributed by atoms with van der Waals surface area (Å²) in [5.41, 5.74) is 3.33. The summed E-state index contributed by atoms with van der Waals surface area (Å²) in [6.45, 7) is 2.81. The van der Waals surface area contributed by atoms with Gasteiger partial charge in [0.2, 0.25) is 0 Å². The van der Waals surface area contributed by atoms with Gasteiger partial charge in [-0.3, -0.25) is 4.99 Å². The summed E-state index contributed by atoms with van der Waals surface area (Å²) in [5, 5.41) is 0. The third-order valence-corrected chi connectivity index (χ3v) is 4.83. The molecule has 23 heavy (non-hydrogen) atoms. The lowest BCUT2D eigenvalue weighted by molar-refractivity contribution is 0.0966. The van der Waals surface area contributed by atoms with Gasteiger partial charge in [-0.05, 0) is 30.3 Å². The molecular weight excluding hydrogens is 359 g/mol. The number of morpholine rings is 1. The molecule has 2 aliphatic rings. The highest BCUT2D eigenvalue weighted by atomic mass is 79.9. The van der Waals surface area contributed by atoms with E-state index in [2.05, 4.69) is 26.9 Å². The minimum absolute atomic E-state index is 0.202. The van der Waals surface area contributed by atoms with E-state index >= 15 is 0 Å². The molecule has 0 aromatic heterocycles. The van der Waals surface area contributed by atoms with Crippen molar-refractivity contribution >= 4 is 27.3 Å². The van der Waals surface area contributed by atoms with Crippen LogP contribution >= 0.6 is 15.9 Å². The largest absolute Gasteiger partial charge is 0.377 e. The van der Waals surface area contributed by atoms with Gasteiger partial charge in [0.25, 0.3) is 0 Å². The molecule has 0 aliphatic carbocycles. The molecule has 5 heteroatoms. The van der Waals surface area contributed by atoms with Gasteiger partial charge >= 0.3 is 0 Å². The van der Waals surface area contributed by atoms with Gasteiger partial charge in [0.15, 0.2) is 0 Å². The number of fused-ring (bicyclic) bond motifs is 3. The number of rotatable bonds is 1.